The molecule has 0 aliphatic rings. The first-order valence-electron chi connectivity index (χ1n) is 6.25. The van der Waals surface area contributed by atoms with E-state index in [0.29, 0.717) is 23.7 Å². The standard InChI is InChI=1S/C12H24N4OS/c1-9(18-5)6-7-13-11-16-15-10(17-11)8-14-12(2,3)4/h9,14H,6-8H2,1-5H3,(H,13,16). The number of hydrogen-bond acceptors (Lipinski definition) is 6. The molecule has 1 aromatic rings. The van der Waals surface area contributed by atoms with E-state index in [1.165, 1.54) is 0 Å². The maximum atomic E-state index is 5.49. The molecular weight excluding hydrogens is 248 g/mol. The van der Waals surface area contributed by atoms with Crippen molar-refractivity contribution in [2.24, 2.45) is 0 Å². The van der Waals surface area contributed by atoms with Crippen molar-refractivity contribution in [1.82, 2.24) is 15.5 Å². The van der Waals surface area contributed by atoms with Crippen molar-refractivity contribution in [3.8, 4) is 0 Å². The van der Waals surface area contributed by atoms with E-state index < -0.39 is 0 Å². The first kappa shape index (κ1) is 15.3. The van der Waals surface area contributed by atoms with Gasteiger partial charge in [-0.2, -0.15) is 11.8 Å². The van der Waals surface area contributed by atoms with E-state index in [9.17, 15) is 0 Å². The first-order chi connectivity index (χ1) is 8.40. The Hall–Kier alpha value is -0.750. The molecule has 0 amide bonds. The molecule has 1 heterocycles. The van der Waals surface area contributed by atoms with Crippen molar-refractivity contribution in [2.75, 3.05) is 18.1 Å². The van der Waals surface area contributed by atoms with Crippen LogP contribution in [0.2, 0.25) is 0 Å². The molecule has 0 fully saturated rings. The zero-order valence-electron chi connectivity index (χ0n) is 11.9. The second kappa shape index (κ2) is 6.99. The molecule has 18 heavy (non-hydrogen) atoms. The van der Waals surface area contributed by atoms with Gasteiger partial charge in [0, 0.05) is 17.3 Å². The Morgan fingerprint density at radius 2 is 2.06 bits per heavy atom. The van der Waals surface area contributed by atoms with Crippen molar-refractivity contribution < 1.29 is 4.42 Å². The van der Waals surface area contributed by atoms with Crippen LogP contribution in [-0.4, -0.2) is 33.8 Å². The molecule has 0 bridgehead atoms. The maximum absolute atomic E-state index is 5.49. The average molecular weight is 272 g/mol. The summed E-state index contributed by atoms with van der Waals surface area (Å²) in [5, 5.41) is 15.1. The van der Waals surface area contributed by atoms with Crippen LogP contribution in [0.3, 0.4) is 0 Å². The molecule has 1 aromatic heterocycles. The number of anilines is 1. The summed E-state index contributed by atoms with van der Waals surface area (Å²) in [5.74, 6) is 0.616. The van der Waals surface area contributed by atoms with Crippen molar-refractivity contribution in [3.05, 3.63) is 5.89 Å². The fourth-order valence-corrected chi connectivity index (χ4v) is 1.59. The molecule has 104 valence electrons. The number of thioether (sulfide) groups is 1. The number of rotatable bonds is 7. The van der Waals surface area contributed by atoms with E-state index in [2.05, 4.69) is 54.8 Å². The molecule has 2 N–H and O–H groups in total. The summed E-state index contributed by atoms with van der Waals surface area (Å²) in [4.78, 5) is 0. The molecule has 0 aliphatic heterocycles. The smallest absolute Gasteiger partial charge is 0.315 e. The number of nitrogens with zero attached hydrogens (tertiary/aromatic N) is 2. The van der Waals surface area contributed by atoms with Crippen molar-refractivity contribution in [1.29, 1.82) is 0 Å². The largest absolute Gasteiger partial charge is 0.407 e. The molecule has 0 spiro atoms. The van der Waals surface area contributed by atoms with Crippen LogP contribution in [0, 0.1) is 0 Å². The summed E-state index contributed by atoms with van der Waals surface area (Å²) in [7, 11) is 0. The molecule has 1 unspecified atom stereocenters. The Balaban J connectivity index is 2.30. The summed E-state index contributed by atoms with van der Waals surface area (Å²) in [6.07, 6.45) is 3.20. The Labute approximate surface area is 114 Å². The molecule has 0 aliphatic carbocycles. The van der Waals surface area contributed by atoms with Crippen LogP contribution in [0.25, 0.3) is 0 Å². The lowest BCUT2D eigenvalue weighted by molar-refractivity contribution is 0.383. The SMILES string of the molecule is CSC(C)CCNc1nnc(CNC(C)(C)C)o1. The molecule has 5 nitrogen and oxygen atoms in total. The lowest BCUT2D eigenvalue weighted by Crippen LogP contribution is -2.35. The molecule has 0 aromatic carbocycles. The van der Waals surface area contributed by atoms with Crippen molar-refractivity contribution in [2.45, 2.75) is 51.4 Å². The minimum Gasteiger partial charge on any atom is -0.407 e. The fraction of sp³-hybridized carbons (Fsp3) is 0.833. The highest BCUT2D eigenvalue weighted by molar-refractivity contribution is 7.99. The van der Waals surface area contributed by atoms with Gasteiger partial charge >= 0.3 is 6.01 Å². The summed E-state index contributed by atoms with van der Waals surface area (Å²) < 4.78 is 5.49. The van der Waals surface area contributed by atoms with Gasteiger partial charge in [0.1, 0.15) is 0 Å². The predicted molar refractivity (Wildman–Crippen MR) is 77.0 cm³/mol. The third-order valence-electron chi connectivity index (χ3n) is 2.47. The Morgan fingerprint density at radius 1 is 1.33 bits per heavy atom. The number of hydrogen-bond donors (Lipinski definition) is 2. The minimum atomic E-state index is 0.0514. The maximum Gasteiger partial charge on any atom is 0.315 e. The zero-order chi connectivity index (χ0) is 13.6. The molecule has 0 saturated carbocycles. The van der Waals surface area contributed by atoms with E-state index in [-0.39, 0.29) is 5.54 Å². The van der Waals surface area contributed by atoms with Crippen LogP contribution in [0.15, 0.2) is 4.42 Å². The molecule has 0 saturated heterocycles. The highest BCUT2D eigenvalue weighted by Gasteiger charge is 2.12. The Bertz CT molecular complexity index is 348. The van der Waals surface area contributed by atoms with Gasteiger partial charge in [-0.1, -0.05) is 12.0 Å². The van der Waals surface area contributed by atoms with Crippen LogP contribution >= 0.6 is 11.8 Å². The van der Waals surface area contributed by atoms with Gasteiger partial charge in [0.15, 0.2) is 0 Å². The van der Waals surface area contributed by atoms with E-state index in [1.54, 1.807) is 0 Å². The average Bonchev–Trinajstić information content (AvgIpc) is 2.73. The molecule has 1 atom stereocenters. The van der Waals surface area contributed by atoms with E-state index in [4.69, 9.17) is 4.42 Å². The normalized spacial score (nSPS) is 13.6. The first-order valence-corrected chi connectivity index (χ1v) is 7.53. The molecule has 0 radical (unpaired) electrons. The Kier molecular flexibility index (Phi) is 5.95. The van der Waals surface area contributed by atoms with Crippen LogP contribution in [0.4, 0.5) is 6.01 Å². The van der Waals surface area contributed by atoms with Gasteiger partial charge in [0.05, 0.1) is 6.54 Å². The summed E-state index contributed by atoms with van der Waals surface area (Å²) in [6.45, 7) is 9.97. The van der Waals surface area contributed by atoms with E-state index in [0.717, 1.165) is 13.0 Å². The number of nitrogens with one attached hydrogen (secondary N) is 2. The zero-order valence-corrected chi connectivity index (χ0v) is 12.7. The lowest BCUT2D eigenvalue weighted by Gasteiger charge is -2.18. The summed E-state index contributed by atoms with van der Waals surface area (Å²) >= 11 is 1.86. The highest BCUT2D eigenvalue weighted by atomic mass is 32.2. The van der Waals surface area contributed by atoms with Crippen LogP contribution in [0.5, 0.6) is 0 Å². The third-order valence-corrected chi connectivity index (χ3v) is 3.51. The fourth-order valence-electron chi connectivity index (χ4n) is 1.24. The molecule has 6 heteroatoms. The topological polar surface area (TPSA) is 63.0 Å². The van der Waals surface area contributed by atoms with Gasteiger partial charge in [-0.25, -0.2) is 0 Å². The monoisotopic (exact) mass is 272 g/mol. The lowest BCUT2D eigenvalue weighted by atomic mass is 10.1. The molecular formula is C12H24N4OS. The predicted octanol–water partition coefficient (Wildman–Crippen LogP) is 2.51. The van der Waals surface area contributed by atoms with Gasteiger partial charge in [-0.05, 0) is 33.4 Å². The van der Waals surface area contributed by atoms with Crippen molar-refractivity contribution in [3.63, 3.8) is 0 Å². The second-order valence-electron chi connectivity index (χ2n) is 5.37. The summed E-state index contributed by atoms with van der Waals surface area (Å²) in [6, 6.07) is 0.508. The second-order valence-corrected chi connectivity index (χ2v) is 6.64. The molecule has 1 rings (SSSR count). The van der Waals surface area contributed by atoms with Gasteiger partial charge in [-0.3, -0.25) is 0 Å². The van der Waals surface area contributed by atoms with Gasteiger partial charge in [0.25, 0.3) is 0 Å². The van der Waals surface area contributed by atoms with Crippen molar-refractivity contribution >= 4 is 17.8 Å². The van der Waals surface area contributed by atoms with Crippen LogP contribution in [0.1, 0.15) is 40.0 Å². The van der Waals surface area contributed by atoms with E-state index in [1.807, 2.05) is 11.8 Å². The minimum absolute atomic E-state index is 0.0514. The Morgan fingerprint density at radius 3 is 2.67 bits per heavy atom. The quantitative estimate of drug-likeness (QED) is 0.795. The van der Waals surface area contributed by atoms with Crippen LogP contribution < -0.4 is 10.6 Å². The van der Waals surface area contributed by atoms with Gasteiger partial charge in [-0.15, -0.1) is 5.10 Å². The van der Waals surface area contributed by atoms with Gasteiger partial charge < -0.3 is 15.1 Å². The third kappa shape index (κ3) is 6.26. The van der Waals surface area contributed by atoms with Crippen LogP contribution in [-0.2, 0) is 6.54 Å². The van der Waals surface area contributed by atoms with Gasteiger partial charge in [0.2, 0.25) is 5.89 Å². The summed E-state index contributed by atoms with van der Waals surface area (Å²) in [5.41, 5.74) is 0.0514. The number of aromatic nitrogens is 2. The van der Waals surface area contributed by atoms with E-state index >= 15 is 0 Å². The highest BCUT2D eigenvalue weighted by Crippen LogP contribution is 2.11.